The van der Waals surface area contributed by atoms with Crippen LogP contribution in [0.3, 0.4) is 0 Å². The quantitative estimate of drug-likeness (QED) is 0.619. The number of hydrazone groups is 1. The first-order chi connectivity index (χ1) is 11.5. The standard InChI is InChI=1S/C18H24N4O2/c1-6-23-15-8-9-17(24-7-2)16(11-15)14(5)21-22-18-19-12(3)10-13(4)20-18/h8-11H,6-7H2,1-5H3,(H,19,20,22)/b21-14-. The summed E-state index contributed by atoms with van der Waals surface area (Å²) in [6.45, 7) is 10.9. The summed E-state index contributed by atoms with van der Waals surface area (Å²) in [5, 5.41) is 4.40. The summed E-state index contributed by atoms with van der Waals surface area (Å²) in [5.74, 6) is 2.03. The number of hydrogen-bond donors (Lipinski definition) is 1. The largest absolute Gasteiger partial charge is 0.494 e. The highest BCUT2D eigenvalue weighted by Gasteiger charge is 2.09. The molecule has 2 rings (SSSR count). The van der Waals surface area contributed by atoms with Gasteiger partial charge >= 0.3 is 0 Å². The van der Waals surface area contributed by atoms with E-state index in [9.17, 15) is 0 Å². The lowest BCUT2D eigenvalue weighted by Crippen LogP contribution is -2.06. The molecule has 0 saturated carbocycles. The highest BCUT2D eigenvalue weighted by Crippen LogP contribution is 2.25. The second kappa shape index (κ2) is 8.29. The minimum absolute atomic E-state index is 0.478. The molecule has 1 N–H and O–H groups in total. The minimum Gasteiger partial charge on any atom is -0.494 e. The Kier molecular flexibility index (Phi) is 6.12. The van der Waals surface area contributed by atoms with Crippen LogP contribution < -0.4 is 14.9 Å². The Hall–Kier alpha value is -2.63. The van der Waals surface area contributed by atoms with E-state index in [0.717, 1.165) is 34.2 Å². The number of hydrogen-bond acceptors (Lipinski definition) is 6. The summed E-state index contributed by atoms with van der Waals surface area (Å²) < 4.78 is 11.3. The number of aromatic nitrogens is 2. The Morgan fingerprint density at radius 2 is 1.71 bits per heavy atom. The van der Waals surface area contributed by atoms with Crippen LogP contribution in [0.1, 0.15) is 37.7 Å². The SMILES string of the molecule is CCOc1ccc(OCC)c(/C(C)=N\Nc2nc(C)cc(C)n2)c1. The van der Waals surface area contributed by atoms with Gasteiger partial charge in [0.1, 0.15) is 11.5 Å². The van der Waals surface area contributed by atoms with Crippen molar-refractivity contribution >= 4 is 11.7 Å². The van der Waals surface area contributed by atoms with Gasteiger partial charge in [0, 0.05) is 17.0 Å². The molecule has 0 aliphatic heterocycles. The predicted molar refractivity (Wildman–Crippen MR) is 96.1 cm³/mol. The molecule has 0 bridgehead atoms. The van der Waals surface area contributed by atoms with E-state index >= 15 is 0 Å². The second-order valence-electron chi connectivity index (χ2n) is 5.31. The predicted octanol–water partition coefficient (Wildman–Crippen LogP) is 3.73. The molecule has 0 spiro atoms. The first kappa shape index (κ1) is 17.7. The van der Waals surface area contributed by atoms with Gasteiger partial charge in [-0.25, -0.2) is 15.4 Å². The lowest BCUT2D eigenvalue weighted by molar-refractivity contribution is 0.330. The lowest BCUT2D eigenvalue weighted by Gasteiger charge is -2.12. The molecular weight excluding hydrogens is 304 g/mol. The third-order valence-corrected chi connectivity index (χ3v) is 3.26. The number of aryl methyl sites for hydroxylation is 2. The van der Waals surface area contributed by atoms with Gasteiger partial charge in [0.05, 0.1) is 18.9 Å². The summed E-state index contributed by atoms with van der Waals surface area (Å²) in [4.78, 5) is 8.64. The van der Waals surface area contributed by atoms with Gasteiger partial charge in [-0.15, -0.1) is 0 Å². The van der Waals surface area contributed by atoms with Gasteiger partial charge in [0.15, 0.2) is 0 Å². The molecule has 24 heavy (non-hydrogen) atoms. The first-order valence-corrected chi connectivity index (χ1v) is 8.06. The minimum atomic E-state index is 0.478. The lowest BCUT2D eigenvalue weighted by atomic mass is 10.1. The van der Waals surface area contributed by atoms with Crippen LogP contribution in [-0.2, 0) is 0 Å². The maximum absolute atomic E-state index is 5.69. The van der Waals surface area contributed by atoms with Crippen LogP contribution in [0.25, 0.3) is 0 Å². The van der Waals surface area contributed by atoms with Crippen molar-refractivity contribution < 1.29 is 9.47 Å². The van der Waals surface area contributed by atoms with Gasteiger partial charge in [0.2, 0.25) is 5.95 Å². The maximum atomic E-state index is 5.69. The van der Waals surface area contributed by atoms with E-state index < -0.39 is 0 Å². The van der Waals surface area contributed by atoms with Crippen molar-refractivity contribution in [2.45, 2.75) is 34.6 Å². The molecule has 1 aromatic heterocycles. The van der Waals surface area contributed by atoms with Crippen molar-refractivity contribution in [3.05, 3.63) is 41.2 Å². The van der Waals surface area contributed by atoms with Crippen LogP contribution in [-0.4, -0.2) is 28.9 Å². The van der Waals surface area contributed by atoms with E-state index in [0.29, 0.717) is 19.2 Å². The van der Waals surface area contributed by atoms with Crippen molar-refractivity contribution in [3.8, 4) is 11.5 Å². The van der Waals surface area contributed by atoms with Crippen LogP contribution >= 0.6 is 0 Å². The fourth-order valence-corrected chi connectivity index (χ4v) is 2.30. The van der Waals surface area contributed by atoms with Gasteiger partial charge in [-0.2, -0.15) is 5.10 Å². The van der Waals surface area contributed by atoms with Gasteiger partial charge in [-0.3, -0.25) is 0 Å². The number of rotatable bonds is 7. The number of nitrogens with zero attached hydrogens (tertiary/aromatic N) is 3. The molecule has 128 valence electrons. The third-order valence-electron chi connectivity index (χ3n) is 3.26. The summed E-state index contributed by atoms with van der Waals surface area (Å²) in [5.41, 5.74) is 6.35. The Bertz CT molecular complexity index is 709. The topological polar surface area (TPSA) is 68.6 Å². The summed E-state index contributed by atoms with van der Waals surface area (Å²) in [7, 11) is 0. The molecule has 0 fully saturated rings. The monoisotopic (exact) mass is 328 g/mol. The van der Waals surface area contributed by atoms with Crippen molar-refractivity contribution in [2.75, 3.05) is 18.6 Å². The molecule has 0 atom stereocenters. The Labute approximate surface area is 142 Å². The molecule has 2 aromatic rings. The first-order valence-electron chi connectivity index (χ1n) is 8.06. The Balaban J connectivity index is 2.28. The summed E-state index contributed by atoms with van der Waals surface area (Å²) >= 11 is 0. The zero-order chi connectivity index (χ0) is 17.5. The summed E-state index contributed by atoms with van der Waals surface area (Å²) in [6, 6.07) is 7.64. The maximum Gasteiger partial charge on any atom is 0.243 e. The average Bonchev–Trinajstić information content (AvgIpc) is 2.53. The van der Waals surface area contributed by atoms with Crippen LogP contribution in [0, 0.1) is 13.8 Å². The Morgan fingerprint density at radius 1 is 1.04 bits per heavy atom. The molecule has 0 aliphatic carbocycles. The van der Waals surface area contributed by atoms with Crippen molar-refractivity contribution in [1.82, 2.24) is 9.97 Å². The molecule has 6 heteroatoms. The molecule has 0 aliphatic rings. The fourth-order valence-electron chi connectivity index (χ4n) is 2.30. The van der Waals surface area contributed by atoms with Gasteiger partial charge in [-0.05, 0) is 58.9 Å². The zero-order valence-electron chi connectivity index (χ0n) is 14.9. The average molecular weight is 328 g/mol. The zero-order valence-corrected chi connectivity index (χ0v) is 14.9. The summed E-state index contributed by atoms with van der Waals surface area (Å²) in [6.07, 6.45) is 0. The molecule has 1 aromatic carbocycles. The molecule has 0 amide bonds. The fraction of sp³-hybridized carbons (Fsp3) is 0.389. The van der Waals surface area contributed by atoms with E-state index in [2.05, 4.69) is 20.5 Å². The van der Waals surface area contributed by atoms with Crippen molar-refractivity contribution in [2.24, 2.45) is 5.10 Å². The molecule has 0 unspecified atom stereocenters. The van der Waals surface area contributed by atoms with Crippen molar-refractivity contribution in [3.63, 3.8) is 0 Å². The Morgan fingerprint density at radius 3 is 2.33 bits per heavy atom. The van der Waals surface area contributed by atoms with Crippen LogP contribution in [0.2, 0.25) is 0 Å². The van der Waals surface area contributed by atoms with Gasteiger partial charge in [-0.1, -0.05) is 0 Å². The van der Waals surface area contributed by atoms with Crippen LogP contribution in [0.4, 0.5) is 5.95 Å². The van der Waals surface area contributed by atoms with Gasteiger partial charge < -0.3 is 9.47 Å². The second-order valence-corrected chi connectivity index (χ2v) is 5.31. The highest BCUT2D eigenvalue weighted by molar-refractivity contribution is 6.01. The van der Waals surface area contributed by atoms with E-state index in [1.165, 1.54) is 0 Å². The number of nitrogens with one attached hydrogen (secondary N) is 1. The van der Waals surface area contributed by atoms with E-state index in [1.54, 1.807) is 0 Å². The molecule has 6 nitrogen and oxygen atoms in total. The smallest absolute Gasteiger partial charge is 0.243 e. The van der Waals surface area contributed by atoms with Crippen LogP contribution in [0.5, 0.6) is 11.5 Å². The number of ether oxygens (including phenoxy) is 2. The van der Waals surface area contributed by atoms with Crippen LogP contribution in [0.15, 0.2) is 29.4 Å². The van der Waals surface area contributed by atoms with Gasteiger partial charge in [0.25, 0.3) is 0 Å². The molecule has 0 saturated heterocycles. The van der Waals surface area contributed by atoms with E-state index in [4.69, 9.17) is 9.47 Å². The normalized spacial score (nSPS) is 11.3. The van der Waals surface area contributed by atoms with E-state index in [-0.39, 0.29) is 0 Å². The molecule has 1 heterocycles. The number of benzene rings is 1. The van der Waals surface area contributed by atoms with Crippen molar-refractivity contribution in [1.29, 1.82) is 0 Å². The third kappa shape index (κ3) is 4.68. The van der Waals surface area contributed by atoms with E-state index in [1.807, 2.05) is 58.9 Å². The molecule has 0 radical (unpaired) electrons. The molecular formula is C18H24N4O2. The number of anilines is 1. The highest BCUT2D eigenvalue weighted by atomic mass is 16.5.